The van der Waals surface area contributed by atoms with E-state index in [2.05, 4.69) is 0 Å². The zero-order valence-electron chi connectivity index (χ0n) is 13.6. The summed E-state index contributed by atoms with van der Waals surface area (Å²) in [6, 6.07) is 10.9. The molecule has 0 atom stereocenters. The highest BCUT2D eigenvalue weighted by atomic mass is 32.2. The van der Waals surface area contributed by atoms with E-state index >= 15 is 0 Å². The average molecular weight is 383 g/mol. The van der Waals surface area contributed by atoms with Crippen LogP contribution in [-0.4, -0.2) is 33.4 Å². The van der Waals surface area contributed by atoms with Crippen molar-refractivity contribution in [1.29, 1.82) is 0 Å². The van der Waals surface area contributed by atoms with Crippen LogP contribution in [0.1, 0.15) is 18.4 Å². The Bertz CT molecular complexity index is 982. The number of sulfone groups is 1. The van der Waals surface area contributed by atoms with Gasteiger partial charge in [-0.15, -0.1) is 0 Å². The molecule has 0 aromatic heterocycles. The summed E-state index contributed by atoms with van der Waals surface area (Å²) in [7, 11) is -7.36. The standard InChI is InChI=1S/C17H18FNO4S2/c1-24(20,21)16-3-2-4-17(11-16)25(22,23)19(15-9-10-15)12-13-5-7-14(18)8-6-13/h2-8,11,15H,9-10,12H2,1H3. The predicted octanol–water partition coefficient (Wildman–Crippen LogP) is 2.58. The second-order valence-electron chi connectivity index (χ2n) is 6.15. The van der Waals surface area contributed by atoms with Gasteiger partial charge in [0, 0.05) is 18.8 Å². The van der Waals surface area contributed by atoms with Crippen LogP contribution in [-0.2, 0) is 26.4 Å². The molecule has 0 N–H and O–H groups in total. The van der Waals surface area contributed by atoms with Crippen molar-refractivity contribution in [3.8, 4) is 0 Å². The number of hydrogen-bond acceptors (Lipinski definition) is 4. The topological polar surface area (TPSA) is 71.5 Å². The second-order valence-corrected chi connectivity index (χ2v) is 10.1. The molecule has 8 heteroatoms. The normalized spacial score (nSPS) is 15.5. The Balaban J connectivity index is 1.97. The minimum absolute atomic E-state index is 0.0360. The van der Waals surface area contributed by atoms with E-state index in [-0.39, 0.29) is 28.2 Å². The van der Waals surface area contributed by atoms with Gasteiger partial charge in [-0.25, -0.2) is 21.2 Å². The summed E-state index contributed by atoms with van der Waals surface area (Å²) >= 11 is 0. The highest BCUT2D eigenvalue weighted by Gasteiger charge is 2.38. The summed E-state index contributed by atoms with van der Waals surface area (Å²) in [6.45, 7) is 0.121. The maximum absolute atomic E-state index is 13.1. The van der Waals surface area contributed by atoms with E-state index in [0.29, 0.717) is 5.56 Å². The van der Waals surface area contributed by atoms with Gasteiger partial charge in [0.25, 0.3) is 0 Å². The minimum atomic E-state index is -3.85. The average Bonchev–Trinajstić information content (AvgIpc) is 3.38. The fourth-order valence-corrected chi connectivity index (χ4v) is 5.00. The molecule has 0 amide bonds. The van der Waals surface area contributed by atoms with Crippen molar-refractivity contribution in [3.05, 3.63) is 59.9 Å². The van der Waals surface area contributed by atoms with Gasteiger partial charge in [0.1, 0.15) is 5.82 Å². The van der Waals surface area contributed by atoms with Gasteiger partial charge in [0.15, 0.2) is 9.84 Å². The Labute approximate surface area is 147 Å². The maximum atomic E-state index is 13.1. The Hall–Kier alpha value is -1.77. The fraction of sp³-hybridized carbons (Fsp3) is 0.294. The number of hydrogen-bond donors (Lipinski definition) is 0. The van der Waals surface area contributed by atoms with Crippen LogP contribution in [0.2, 0.25) is 0 Å². The van der Waals surface area contributed by atoms with E-state index in [1.54, 1.807) is 12.1 Å². The third kappa shape index (κ3) is 4.08. The van der Waals surface area contributed by atoms with Crippen LogP contribution in [0.4, 0.5) is 4.39 Å². The minimum Gasteiger partial charge on any atom is -0.224 e. The van der Waals surface area contributed by atoms with Crippen LogP contribution in [0.5, 0.6) is 0 Å². The predicted molar refractivity (Wildman–Crippen MR) is 91.7 cm³/mol. The molecule has 1 fully saturated rings. The van der Waals surface area contributed by atoms with E-state index in [1.165, 1.54) is 40.7 Å². The first kappa shape index (κ1) is 18.0. The Morgan fingerprint density at radius 2 is 1.60 bits per heavy atom. The summed E-state index contributed by atoms with van der Waals surface area (Å²) in [5.74, 6) is -0.384. The molecule has 0 heterocycles. The summed E-state index contributed by atoms with van der Waals surface area (Å²) in [4.78, 5) is -0.0875. The van der Waals surface area contributed by atoms with Gasteiger partial charge in [-0.2, -0.15) is 4.31 Å². The van der Waals surface area contributed by atoms with Crippen LogP contribution in [0, 0.1) is 5.82 Å². The molecule has 2 aromatic rings. The van der Waals surface area contributed by atoms with Crippen molar-refractivity contribution in [2.75, 3.05) is 6.26 Å². The highest BCUT2D eigenvalue weighted by molar-refractivity contribution is 7.91. The van der Waals surface area contributed by atoms with Crippen LogP contribution in [0.25, 0.3) is 0 Å². The number of nitrogens with zero attached hydrogens (tertiary/aromatic N) is 1. The molecule has 0 bridgehead atoms. The molecule has 1 aliphatic rings. The fourth-order valence-electron chi connectivity index (χ4n) is 2.54. The molecule has 0 radical (unpaired) electrons. The SMILES string of the molecule is CS(=O)(=O)c1cccc(S(=O)(=O)N(Cc2ccc(F)cc2)C2CC2)c1. The summed E-state index contributed by atoms with van der Waals surface area (Å²) < 4.78 is 63.9. The van der Waals surface area contributed by atoms with Crippen LogP contribution < -0.4 is 0 Å². The molecule has 0 spiro atoms. The lowest BCUT2D eigenvalue weighted by atomic mass is 10.2. The van der Waals surface area contributed by atoms with Gasteiger partial charge in [-0.1, -0.05) is 18.2 Å². The molecule has 1 aliphatic carbocycles. The number of benzene rings is 2. The van der Waals surface area contributed by atoms with Gasteiger partial charge in [-0.05, 0) is 48.7 Å². The second kappa shape index (κ2) is 6.51. The molecule has 134 valence electrons. The van der Waals surface area contributed by atoms with Crippen LogP contribution >= 0.6 is 0 Å². The van der Waals surface area contributed by atoms with Gasteiger partial charge < -0.3 is 0 Å². The highest BCUT2D eigenvalue weighted by Crippen LogP contribution is 2.34. The van der Waals surface area contributed by atoms with E-state index in [4.69, 9.17) is 0 Å². The summed E-state index contributed by atoms with van der Waals surface area (Å²) in [5, 5.41) is 0. The lowest BCUT2D eigenvalue weighted by Crippen LogP contribution is -2.32. The van der Waals surface area contributed by atoms with Crippen molar-refractivity contribution in [3.63, 3.8) is 0 Å². The zero-order valence-corrected chi connectivity index (χ0v) is 15.2. The van der Waals surface area contributed by atoms with E-state index in [1.807, 2.05) is 0 Å². The molecule has 2 aromatic carbocycles. The lowest BCUT2D eigenvalue weighted by molar-refractivity contribution is 0.398. The zero-order chi connectivity index (χ0) is 18.2. The molecule has 5 nitrogen and oxygen atoms in total. The first-order valence-corrected chi connectivity index (χ1v) is 11.1. The summed E-state index contributed by atoms with van der Waals surface area (Å²) in [5.41, 5.74) is 0.677. The van der Waals surface area contributed by atoms with E-state index in [0.717, 1.165) is 19.1 Å². The lowest BCUT2D eigenvalue weighted by Gasteiger charge is -2.22. The maximum Gasteiger partial charge on any atom is 0.243 e. The third-order valence-electron chi connectivity index (χ3n) is 4.05. The van der Waals surface area contributed by atoms with E-state index in [9.17, 15) is 21.2 Å². The van der Waals surface area contributed by atoms with Gasteiger partial charge in [0.05, 0.1) is 9.79 Å². The Kier molecular flexibility index (Phi) is 4.70. The first-order chi connectivity index (χ1) is 11.7. The van der Waals surface area contributed by atoms with Crippen molar-refractivity contribution in [1.82, 2.24) is 4.31 Å². The first-order valence-electron chi connectivity index (χ1n) is 7.74. The molecule has 0 unspecified atom stereocenters. The third-order valence-corrected chi connectivity index (χ3v) is 7.05. The van der Waals surface area contributed by atoms with Crippen molar-refractivity contribution >= 4 is 19.9 Å². The molecular weight excluding hydrogens is 365 g/mol. The summed E-state index contributed by atoms with van der Waals surface area (Å²) in [6.07, 6.45) is 2.55. The van der Waals surface area contributed by atoms with Crippen molar-refractivity contribution in [2.45, 2.75) is 35.2 Å². The molecule has 0 aliphatic heterocycles. The molecular formula is C17H18FNO4S2. The smallest absolute Gasteiger partial charge is 0.224 e. The van der Waals surface area contributed by atoms with E-state index < -0.39 is 19.9 Å². The largest absolute Gasteiger partial charge is 0.243 e. The molecule has 25 heavy (non-hydrogen) atoms. The molecule has 0 saturated heterocycles. The molecule has 1 saturated carbocycles. The van der Waals surface area contributed by atoms with Gasteiger partial charge in [0.2, 0.25) is 10.0 Å². The molecule has 3 rings (SSSR count). The number of rotatable bonds is 6. The van der Waals surface area contributed by atoms with Gasteiger partial charge >= 0.3 is 0 Å². The van der Waals surface area contributed by atoms with Gasteiger partial charge in [-0.3, -0.25) is 0 Å². The van der Waals surface area contributed by atoms with Crippen molar-refractivity contribution < 1.29 is 21.2 Å². The van der Waals surface area contributed by atoms with Crippen LogP contribution in [0.3, 0.4) is 0 Å². The quantitative estimate of drug-likeness (QED) is 0.769. The number of sulfonamides is 1. The van der Waals surface area contributed by atoms with Crippen LogP contribution in [0.15, 0.2) is 58.3 Å². The Morgan fingerprint density at radius 3 is 2.16 bits per heavy atom. The Morgan fingerprint density at radius 1 is 1.00 bits per heavy atom. The number of halogens is 1. The van der Waals surface area contributed by atoms with Crippen molar-refractivity contribution in [2.24, 2.45) is 0 Å². The monoisotopic (exact) mass is 383 g/mol.